The number of halogens is 2. The van der Waals surface area contributed by atoms with Crippen LogP contribution in [-0.2, 0) is 6.42 Å². The third-order valence-corrected chi connectivity index (χ3v) is 3.26. The van der Waals surface area contributed by atoms with Gasteiger partial charge in [0, 0.05) is 25.3 Å². The molecule has 0 fully saturated rings. The molecule has 2 aromatic carbocycles. The molecule has 0 saturated carbocycles. The molecule has 0 aliphatic carbocycles. The van der Waals surface area contributed by atoms with E-state index >= 15 is 0 Å². The van der Waals surface area contributed by atoms with Crippen LogP contribution in [0.2, 0.25) is 0 Å². The maximum atomic E-state index is 13.1. The van der Waals surface area contributed by atoms with Gasteiger partial charge in [0.1, 0.15) is 11.6 Å². The summed E-state index contributed by atoms with van der Waals surface area (Å²) in [6.45, 7) is 0.554. The third kappa shape index (κ3) is 4.84. The van der Waals surface area contributed by atoms with Gasteiger partial charge in [-0.3, -0.25) is 0 Å². The molecule has 5 heteroatoms. The number of benzene rings is 2. The summed E-state index contributed by atoms with van der Waals surface area (Å²) in [6.07, 6.45) is 1.68. The largest absolute Gasteiger partial charge is 0.328 e. The Morgan fingerprint density at radius 2 is 1.73 bits per heavy atom. The number of urea groups is 1. The highest BCUT2D eigenvalue weighted by Gasteiger charge is 2.10. The van der Waals surface area contributed by atoms with Crippen molar-refractivity contribution in [1.82, 2.24) is 4.90 Å². The van der Waals surface area contributed by atoms with Gasteiger partial charge < -0.3 is 10.2 Å². The molecule has 22 heavy (non-hydrogen) atoms. The van der Waals surface area contributed by atoms with Crippen LogP contribution in [0.4, 0.5) is 19.3 Å². The van der Waals surface area contributed by atoms with Crippen LogP contribution in [0.3, 0.4) is 0 Å². The number of nitrogens with zero attached hydrogens (tertiary/aromatic N) is 1. The number of nitrogens with one attached hydrogen (secondary N) is 1. The average Bonchev–Trinajstić information content (AvgIpc) is 2.47. The van der Waals surface area contributed by atoms with Gasteiger partial charge in [-0.1, -0.05) is 30.3 Å². The zero-order chi connectivity index (χ0) is 15.9. The predicted octanol–water partition coefficient (Wildman–Crippen LogP) is 4.06. The SMILES string of the molecule is CN(CCCc1ccccc1)C(=O)Nc1cc(F)cc(F)c1. The van der Waals surface area contributed by atoms with E-state index in [-0.39, 0.29) is 5.69 Å². The number of amides is 2. The molecule has 2 aromatic rings. The molecule has 0 heterocycles. The van der Waals surface area contributed by atoms with E-state index in [9.17, 15) is 13.6 Å². The summed E-state index contributed by atoms with van der Waals surface area (Å²) < 4.78 is 26.1. The van der Waals surface area contributed by atoms with Crippen molar-refractivity contribution in [2.24, 2.45) is 0 Å². The molecule has 0 aliphatic heterocycles. The lowest BCUT2D eigenvalue weighted by molar-refractivity contribution is 0.222. The Hall–Kier alpha value is -2.43. The number of aryl methyl sites for hydroxylation is 1. The van der Waals surface area contributed by atoms with Crippen molar-refractivity contribution in [3.63, 3.8) is 0 Å². The highest BCUT2D eigenvalue weighted by atomic mass is 19.1. The second-order valence-electron chi connectivity index (χ2n) is 5.10. The average molecular weight is 304 g/mol. The van der Waals surface area contributed by atoms with Gasteiger partial charge in [0.05, 0.1) is 0 Å². The predicted molar refractivity (Wildman–Crippen MR) is 82.8 cm³/mol. The Balaban J connectivity index is 1.81. The zero-order valence-electron chi connectivity index (χ0n) is 12.4. The molecule has 1 N–H and O–H groups in total. The summed E-state index contributed by atoms with van der Waals surface area (Å²) in [6, 6.07) is 12.5. The molecular weight excluding hydrogens is 286 g/mol. The molecule has 0 bridgehead atoms. The van der Waals surface area contributed by atoms with E-state index in [1.165, 1.54) is 10.5 Å². The van der Waals surface area contributed by atoms with Gasteiger partial charge in [-0.2, -0.15) is 0 Å². The first kappa shape index (κ1) is 15.9. The quantitative estimate of drug-likeness (QED) is 0.887. The molecule has 0 saturated heterocycles. The van der Waals surface area contributed by atoms with Crippen LogP contribution in [0.1, 0.15) is 12.0 Å². The van der Waals surface area contributed by atoms with Crippen LogP contribution in [0.25, 0.3) is 0 Å². The molecule has 0 spiro atoms. The normalized spacial score (nSPS) is 10.3. The van der Waals surface area contributed by atoms with Gasteiger partial charge in [0.2, 0.25) is 0 Å². The van der Waals surface area contributed by atoms with Gasteiger partial charge in [0.25, 0.3) is 0 Å². The standard InChI is InChI=1S/C17H18F2N2O/c1-21(9-5-8-13-6-3-2-4-7-13)17(22)20-16-11-14(18)10-15(19)12-16/h2-4,6-7,10-12H,5,8-9H2,1H3,(H,20,22). The zero-order valence-corrected chi connectivity index (χ0v) is 12.4. The summed E-state index contributed by atoms with van der Waals surface area (Å²) in [5.74, 6) is -1.44. The van der Waals surface area contributed by atoms with Crippen LogP contribution in [0, 0.1) is 11.6 Å². The maximum absolute atomic E-state index is 13.1. The van der Waals surface area contributed by atoms with E-state index in [0.29, 0.717) is 6.54 Å². The first-order valence-electron chi connectivity index (χ1n) is 7.07. The van der Waals surface area contributed by atoms with Gasteiger partial charge in [-0.15, -0.1) is 0 Å². The Morgan fingerprint density at radius 3 is 2.36 bits per heavy atom. The summed E-state index contributed by atoms with van der Waals surface area (Å²) >= 11 is 0. The lowest BCUT2D eigenvalue weighted by Crippen LogP contribution is -2.32. The van der Waals surface area contributed by atoms with Gasteiger partial charge in [0.15, 0.2) is 0 Å². The topological polar surface area (TPSA) is 32.3 Å². The maximum Gasteiger partial charge on any atom is 0.321 e. The number of hydrogen-bond donors (Lipinski definition) is 1. The highest BCUT2D eigenvalue weighted by molar-refractivity contribution is 5.89. The molecule has 116 valence electrons. The molecule has 0 unspecified atom stereocenters. The van der Waals surface area contributed by atoms with Gasteiger partial charge in [-0.05, 0) is 30.5 Å². The summed E-state index contributed by atoms with van der Waals surface area (Å²) in [7, 11) is 1.65. The van der Waals surface area contributed by atoms with Crippen molar-refractivity contribution in [3.8, 4) is 0 Å². The van der Waals surface area contributed by atoms with Crippen LogP contribution in [0.5, 0.6) is 0 Å². The fourth-order valence-electron chi connectivity index (χ4n) is 2.11. The van der Waals surface area contributed by atoms with E-state index in [1.807, 2.05) is 30.3 Å². The van der Waals surface area contributed by atoms with Crippen LogP contribution < -0.4 is 5.32 Å². The molecule has 2 rings (SSSR count). The Kier molecular flexibility index (Phi) is 5.47. The Bertz CT molecular complexity index is 612. The molecule has 0 aliphatic rings. The highest BCUT2D eigenvalue weighted by Crippen LogP contribution is 2.13. The molecule has 2 amide bonds. The second kappa shape index (κ2) is 7.54. The fourth-order valence-corrected chi connectivity index (χ4v) is 2.11. The number of hydrogen-bond acceptors (Lipinski definition) is 1. The van der Waals surface area contributed by atoms with Crippen molar-refractivity contribution < 1.29 is 13.6 Å². The van der Waals surface area contributed by atoms with Crippen molar-refractivity contribution in [2.45, 2.75) is 12.8 Å². The number of carbonyl (C=O) groups excluding carboxylic acids is 1. The smallest absolute Gasteiger partial charge is 0.321 e. The summed E-state index contributed by atoms with van der Waals surface area (Å²) in [4.78, 5) is 13.4. The van der Waals surface area contributed by atoms with E-state index in [2.05, 4.69) is 5.32 Å². The van der Waals surface area contributed by atoms with E-state index < -0.39 is 17.7 Å². The number of carbonyl (C=O) groups is 1. The van der Waals surface area contributed by atoms with Gasteiger partial charge in [-0.25, -0.2) is 13.6 Å². The van der Waals surface area contributed by atoms with Crippen molar-refractivity contribution >= 4 is 11.7 Å². The molecule has 0 radical (unpaired) electrons. The summed E-state index contributed by atoms with van der Waals surface area (Å²) in [5, 5.41) is 2.48. The van der Waals surface area contributed by atoms with E-state index in [0.717, 1.165) is 31.0 Å². The minimum atomic E-state index is -0.720. The van der Waals surface area contributed by atoms with Crippen molar-refractivity contribution in [1.29, 1.82) is 0 Å². The Labute approximate surface area is 128 Å². The number of anilines is 1. The molecular formula is C17H18F2N2O. The lowest BCUT2D eigenvalue weighted by Gasteiger charge is -2.18. The molecule has 0 atom stereocenters. The third-order valence-electron chi connectivity index (χ3n) is 3.26. The number of rotatable bonds is 5. The lowest BCUT2D eigenvalue weighted by atomic mass is 10.1. The molecule has 0 aromatic heterocycles. The fraction of sp³-hybridized carbons (Fsp3) is 0.235. The van der Waals surface area contributed by atoms with E-state index in [4.69, 9.17) is 0 Å². The van der Waals surface area contributed by atoms with Crippen LogP contribution in [0.15, 0.2) is 48.5 Å². The van der Waals surface area contributed by atoms with Crippen molar-refractivity contribution in [3.05, 3.63) is 65.7 Å². The summed E-state index contributed by atoms with van der Waals surface area (Å²) in [5.41, 5.74) is 1.32. The van der Waals surface area contributed by atoms with Crippen molar-refractivity contribution in [2.75, 3.05) is 18.9 Å². The van der Waals surface area contributed by atoms with Crippen LogP contribution >= 0.6 is 0 Å². The molecule has 3 nitrogen and oxygen atoms in total. The minimum absolute atomic E-state index is 0.109. The van der Waals surface area contributed by atoms with Crippen LogP contribution in [-0.4, -0.2) is 24.5 Å². The Morgan fingerprint density at radius 1 is 1.09 bits per heavy atom. The van der Waals surface area contributed by atoms with Gasteiger partial charge >= 0.3 is 6.03 Å². The monoisotopic (exact) mass is 304 g/mol. The second-order valence-corrected chi connectivity index (χ2v) is 5.10. The minimum Gasteiger partial charge on any atom is -0.328 e. The van der Waals surface area contributed by atoms with E-state index in [1.54, 1.807) is 7.05 Å². The first-order chi connectivity index (χ1) is 10.5. The first-order valence-corrected chi connectivity index (χ1v) is 7.07.